The lowest BCUT2D eigenvalue weighted by molar-refractivity contribution is -1.62. The van der Waals surface area contributed by atoms with Gasteiger partial charge in [-0.25, -0.2) is 4.79 Å². The van der Waals surface area contributed by atoms with E-state index < -0.39 is 22.0 Å². The molecule has 0 aromatic rings. The third kappa shape index (κ3) is 5.06. The van der Waals surface area contributed by atoms with Gasteiger partial charge in [0.25, 0.3) is 0 Å². The zero-order valence-corrected chi connectivity index (χ0v) is 10.2. The molecule has 15 heavy (non-hydrogen) atoms. The normalized spacial score (nSPS) is 20.3. The second kappa shape index (κ2) is 6.58. The van der Waals surface area contributed by atoms with Crippen molar-refractivity contribution in [3.8, 4) is 0 Å². The van der Waals surface area contributed by atoms with Crippen LogP contribution in [0.1, 0.15) is 39.0 Å². The van der Waals surface area contributed by atoms with E-state index in [1.165, 1.54) is 31.0 Å². The van der Waals surface area contributed by atoms with Crippen LogP contribution in [0, 0.1) is 10.8 Å². The smallest absolute Gasteiger partial charge is 0.307 e. The molecule has 0 amide bonds. The molecule has 6 heteroatoms. The number of hydrogen-bond acceptors (Lipinski definition) is 5. The minimum absolute atomic E-state index is 0.406. The molecule has 1 unspecified atom stereocenters. The van der Waals surface area contributed by atoms with E-state index in [1.807, 2.05) is 0 Å². The molecule has 0 aromatic carbocycles. The van der Waals surface area contributed by atoms with Gasteiger partial charge in [-0.1, -0.05) is 23.6 Å². The van der Waals surface area contributed by atoms with Crippen molar-refractivity contribution >= 4 is 17.7 Å². The summed E-state index contributed by atoms with van der Waals surface area (Å²) in [6, 6.07) is 0. The summed E-state index contributed by atoms with van der Waals surface area (Å²) in [5.74, 6) is -0.684. The van der Waals surface area contributed by atoms with Gasteiger partial charge in [0.15, 0.2) is 0 Å². The SMILES string of the molecule is CC(SC1CCCCC1)C(=O)O[Cl+2]([O-])[O-]. The molecule has 1 atom stereocenters. The Bertz CT molecular complexity index is 206. The van der Waals surface area contributed by atoms with Crippen molar-refractivity contribution in [2.45, 2.75) is 49.5 Å². The van der Waals surface area contributed by atoms with Crippen LogP contribution in [0.15, 0.2) is 0 Å². The topological polar surface area (TPSA) is 72.4 Å². The summed E-state index contributed by atoms with van der Waals surface area (Å²) >= 11 is 1.52. The summed E-state index contributed by atoms with van der Waals surface area (Å²) in [5.41, 5.74) is 0. The van der Waals surface area contributed by atoms with Gasteiger partial charge in [-0.3, -0.25) is 0 Å². The van der Waals surface area contributed by atoms with E-state index in [-0.39, 0.29) is 0 Å². The molecule has 1 aliphatic rings. The first kappa shape index (κ1) is 13.1. The highest BCUT2D eigenvalue weighted by atomic mass is 35.6. The van der Waals surface area contributed by atoms with Gasteiger partial charge < -0.3 is 9.32 Å². The van der Waals surface area contributed by atoms with Crippen LogP contribution in [0.5, 0.6) is 0 Å². The molecule has 88 valence electrons. The fraction of sp³-hybridized carbons (Fsp3) is 0.889. The molecule has 0 aromatic heterocycles. The van der Waals surface area contributed by atoms with Gasteiger partial charge in [-0.2, -0.15) is 0 Å². The van der Waals surface area contributed by atoms with Crippen LogP contribution in [0.2, 0.25) is 0 Å². The number of thioether (sulfide) groups is 1. The van der Waals surface area contributed by atoms with Crippen molar-refractivity contribution in [1.82, 2.24) is 0 Å². The maximum atomic E-state index is 11.2. The van der Waals surface area contributed by atoms with Crippen LogP contribution in [0.3, 0.4) is 0 Å². The van der Waals surface area contributed by atoms with Crippen LogP contribution in [-0.2, 0) is 9.08 Å². The van der Waals surface area contributed by atoms with Crippen LogP contribution >= 0.6 is 11.8 Å². The Hall–Kier alpha value is 0.0300. The monoisotopic (exact) mass is 254 g/mol. The molecule has 1 fully saturated rings. The van der Waals surface area contributed by atoms with Crippen LogP contribution < -0.4 is 9.32 Å². The van der Waals surface area contributed by atoms with E-state index >= 15 is 0 Å². The maximum absolute atomic E-state index is 11.2. The van der Waals surface area contributed by atoms with E-state index in [0.29, 0.717) is 5.25 Å². The predicted octanol–water partition coefficient (Wildman–Crippen LogP) is 0.0703. The third-order valence-electron chi connectivity index (χ3n) is 2.42. The van der Waals surface area contributed by atoms with E-state index in [9.17, 15) is 14.1 Å². The van der Waals surface area contributed by atoms with Gasteiger partial charge in [0.05, 0.1) is 0 Å². The average Bonchev–Trinajstić information content (AvgIpc) is 2.18. The van der Waals surface area contributed by atoms with Gasteiger partial charge in [0, 0.05) is 5.25 Å². The Balaban J connectivity index is 2.26. The van der Waals surface area contributed by atoms with Crippen molar-refractivity contribution in [2.24, 2.45) is 0 Å². The lowest BCUT2D eigenvalue weighted by Gasteiger charge is -2.22. The highest BCUT2D eigenvalue weighted by Gasteiger charge is 2.28. The molecule has 0 N–H and O–H groups in total. The van der Waals surface area contributed by atoms with Crippen molar-refractivity contribution in [2.75, 3.05) is 0 Å². The molecule has 0 aliphatic heterocycles. The first-order valence-electron chi connectivity index (χ1n) is 5.03. The summed E-state index contributed by atoms with van der Waals surface area (Å²) in [4.78, 5) is 11.2. The quantitative estimate of drug-likeness (QED) is 0.710. The van der Waals surface area contributed by atoms with Crippen LogP contribution in [0.4, 0.5) is 0 Å². The maximum Gasteiger partial charge on any atom is 0.434 e. The summed E-state index contributed by atoms with van der Waals surface area (Å²) < 4.78 is 24.3. The van der Waals surface area contributed by atoms with Gasteiger partial charge >= 0.3 is 16.8 Å². The number of halogens is 1. The number of rotatable bonds is 4. The second-order valence-corrected chi connectivity index (χ2v) is 5.80. The largest absolute Gasteiger partial charge is 0.434 e. The zero-order valence-electron chi connectivity index (χ0n) is 8.61. The van der Waals surface area contributed by atoms with Crippen molar-refractivity contribution in [1.29, 1.82) is 0 Å². The molecule has 0 spiro atoms. The third-order valence-corrected chi connectivity index (χ3v) is 4.15. The highest BCUT2D eigenvalue weighted by molar-refractivity contribution is 8.01. The lowest BCUT2D eigenvalue weighted by Crippen LogP contribution is -2.38. The summed E-state index contributed by atoms with van der Waals surface area (Å²) in [5, 5.41) is 0.0629. The average molecular weight is 255 g/mol. The molecule has 0 bridgehead atoms. The molecule has 0 saturated heterocycles. The van der Waals surface area contributed by atoms with Gasteiger partial charge in [-0.05, 0) is 19.8 Å². The van der Waals surface area contributed by atoms with E-state index in [1.54, 1.807) is 6.92 Å². The predicted molar refractivity (Wildman–Crippen MR) is 50.0 cm³/mol. The molecular formula is C9H15ClO4S. The summed E-state index contributed by atoms with van der Waals surface area (Å²) in [6.07, 6.45) is 5.88. The van der Waals surface area contributed by atoms with E-state index in [2.05, 4.69) is 4.29 Å². The number of carbonyl (C=O) groups is 1. The minimum Gasteiger partial charge on any atom is -0.307 e. The molecule has 1 saturated carbocycles. The first-order valence-corrected chi connectivity index (χ1v) is 6.89. The number of carbonyl (C=O) groups excluding carboxylic acids is 1. The Kier molecular flexibility index (Phi) is 5.74. The second-order valence-electron chi connectivity index (χ2n) is 3.62. The Morgan fingerprint density at radius 1 is 1.40 bits per heavy atom. The Morgan fingerprint density at radius 2 is 2.00 bits per heavy atom. The van der Waals surface area contributed by atoms with Crippen molar-refractivity contribution < 1.29 is 29.2 Å². The lowest BCUT2D eigenvalue weighted by atomic mass is 10.0. The molecular weight excluding hydrogens is 240 g/mol. The molecule has 1 rings (SSSR count). The Labute approximate surface area is 96.8 Å². The summed E-state index contributed by atoms with van der Waals surface area (Å²) in [6.45, 7) is 1.68. The van der Waals surface area contributed by atoms with Crippen molar-refractivity contribution in [3.63, 3.8) is 0 Å². The standard InChI is InChI=1S/C9H15ClO4S/c1-7(9(11)14-10(12)13)15-8-5-3-2-4-6-8/h7-8H,2-6H2,1H3. The van der Waals surface area contributed by atoms with Gasteiger partial charge in [-0.15, -0.1) is 11.8 Å². The zero-order chi connectivity index (χ0) is 11.3. The number of hydrogen-bond donors (Lipinski definition) is 0. The molecule has 0 heterocycles. The fourth-order valence-electron chi connectivity index (χ4n) is 1.67. The highest BCUT2D eigenvalue weighted by Crippen LogP contribution is 2.31. The molecule has 1 aliphatic carbocycles. The van der Waals surface area contributed by atoms with Gasteiger partial charge in [0.1, 0.15) is 5.25 Å². The van der Waals surface area contributed by atoms with E-state index in [0.717, 1.165) is 12.8 Å². The van der Waals surface area contributed by atoms with Crippen LogP contribution in [0.25, 0.3) is 0 Å². The summed E-state index contributed by atoms with van der Waals surface area (Å²) in [7, 11) is -2.41. The fourth-order valence-corrected chi connectivity index (χ4v) is 3.32. The molecule has 4 nitrogen and oxygen atoms in total. The van der Waals surface area contributed by atoms with Gasteiger partial charge in [0.2, 0.25) is 0 Å². The van der Waals surface area contributed by atoms with Crippen LogP contribution in [-0.4, -0.2) is 16.5 Å². The Morgan fingerprint density at radius 3 is 2.53 bits per heavy atom. The van der Waals surface area contributed by atoms with Crippen molar-refractivity contribution in [3.05, 3.63) is 0 Å². The van der Waals surface area contributed by atoms with E-state index in [4.69, 9.17) is 0 Å². The first-order chi connectivity index (χ1) is 7.09. The molecule has 0 radical (unpaired) electrons. The minimum atomic E-state index is -2.41.